The van der Waals surface area contributed by atoms with Crippen LogP contribution >= 0.6 is 28.3 Å². The summed E-state index contributed by atoms with van der Waals surface area (Å²) in [5.74, 6) is 0.989. The summed E-state index contributed by atoms with van der Waals surface area (Å²) < 4.78 is 35.4. The third-order valence-corrected chi connectivity index (χ3v) is 3.02. The second kappa shape index (κ2) is 7.76. The fourth-order valence-corrected chi connectivity index (χ4v) is 2.09. The Morgan fingerprint density at radius 3 is 2.17 bits per heavy atom. The minimum absolute atomic E-state index is 0. The van der Waals surface area contributed by atoms with Gasteiger partial charge in [0.05, 0.1) is 14.2 Å². The average Bonchev–Trinajstić information content (AvgIpc) is 2.27. The summed E-state index contributed by atoms with van der Waals surface area (Å²) in [6.45, 7) is 0. The van der Waals surface area contributed by atoms with Gasteiger partial charge in [-0.15, -0.1) is 12.4 Å². The number of methoxy groups -OCH3 is 2. The number of benzene rings is 1. The largest absolute Gasteiger partial charge is 0.493 e. The van der Waals surface area contributed by atoms with Crippen LogP contribution in [0.25, 0.3) is 0 Å². The van der Waals surface area contributed by atoms with Crippen LogP contribution in [0.1, 0.15) is 18.0 Å². The molecule has 7 heteroatoms. The van der Waals surface area contributed by atoms with E-state index in [0.29, 0.717) is 21.5 Å². The Hall–Kier alpha value is -0.590. The predicted molar refractivity (Wildman–Crippen MR) is 72.0 cm³/mol. The van der Waals surface area contributed by atoms with Crippen molar-refractivity contribution in [3.05, 3.63) is 22.2 Å². The first-order valence-corrected chi connectivity index (χ1v) is 5.74. The van der Waals surface area contributed by atoms with E-state index in [2.05, 4.69) is 15.9 Å². The molecular weight excluding hydrogens is 331 g/mol. The van der Waals surface area contributed by atoms with Gasteiger partial charge in [-0.25, -0.2) is 8.78 Å². The molecule has 1 atom stereocenters. The molecule has 0 heterocycles. The first-order valence-electron chi connectivity index (χ1n) is 4.94. The van der Waals surface area contributed by atoms with Crippen molar-refractivity contribution in [2.75, 3.05) is 14.2 Å². The molecule has 0 saturated carbocycles. The van der Waals surface area contributed by atoms with E-state index in [1.165, 1.54) is 14.2 Å². The lowest BCUT2D eigenvalue weighted by atomic mass is 10.0. The van der Waals surface area contributed by atoms with Crippen molar-refractivity contribution in [1.29, 1.82) is 0 Å². The van der Waals surface area contributed by atoms with Crippen LogP contribution in [0.3, 0.4) is 0 Å². The van der Waals surface area contributed by atoms with E-state index in [0.717, 1.165) is 0 Å². The van der Waals surface area contributed by atoms with Crippen LogP contribution in [0.4, 0.5) is 8.78 Å². The molecule has 0 unspecified atom stereocenters. The van der Waals surface area contributed by atoms with Crippen molar-refractivity contribution in [2.45, 2.75) is 18.9 Å². The van der Waals surface area contributed by atoms with E-state index >= 15 is 0 Å². The topological polar surface area (TPSA) is 44.5 Å². The average molecular weight is 347 g/mol. The summed E-state index contributed by atoms with van der Waals surface area (Å²) in [6.07, 6.45) is -2.83. The fraction of sp³-hybridized carbons (Fsp3) is 0.455. The molecule has 0 fully saturated rings. The SMILES string of the molecule is COc1cc(Br)c([C@@H](N)CC(F)F)cc1OC.Cl. The summed E-state index contributed by atoms with van der Waals surface area (Å²) in [7, 11) is 2.98. The molecule has 1 rings (SSSR count). The third kappa shape index (κ3) is 4.26. The second-order valence-electron chi connectivity index (χ2n) is 3.46. The van der Waals surface area contributed by atoms with Crippen LogP contribution in [-0.4, -0.2) is 20.6 Å². The van der Waals surface area contributed by atoms with E-state index in [-0.39, 0.29) is 12.4 Å². The van der Waals surface area contributed by atoms with Gasteiger partial charge in [0.25, 0.3) is 0 Å². The van der Waals surface area contributed by atoms with Crippen molar-refractivity contribution in [3.63, 3.8) is 0 Å². The minimum Gasteiger partial charge on any atom is -0.493 e. The van der Waals surface area contributed by atoms with Crippen molar-refractivity contribution in [1.82, 2.24) is 0 Å². The highest BCUT2D eigenvalue weighted by molar-refractivity contribution is 9.10. The van der Waals surface area contributed by atoms with Crippen molar-refractivity contribution in [2.24, 2.45) is 5.73 Å². The summed E-state index contributed by atoms with van der Waals surface area (Å²) >= 11 is 3.28. The number of nitrogens with two attached hydrogens (primary N) is 1. The molecular formula is C11H15BrClF2NO2. The zero-order chi connectivity index (χ0) is 13.0. The van der Waals surface area contributed by atoms with E-state index in [1.54, 1.807) is 12.1 Å². The maximum Gasteiger partial charge on any atom is 0.240 e. The normalized spacial score (nSPS) is 11.9. The molecule has 0 amide bonds. The van der Waals surface area contributed by atoms with Gasteiger partial charge in [-0.05, 0) is 17.7 Å². The molecule has 0 aliphatic carbocycles. The molecule has 1 aromatic rings. The van der Waals surface area contributed by atoms with Crippen LogP contribution in [-0.2, 0) is 0 Å². The number of hydrogen-bond donors (Lipinski definition) is 1. The third-order valence-electron chi connectivity index (χ3n) is 2.33. The second-order valence-corrected chi connectivity index (χ2v) is 4.32. The van der Waals surface area contributed by atoms with E-state index in [9.17, 15) is 8.78 Å². The Bertz CT molecular complexity index is 394. The van der Waals surface area contributed by atoms with Gasteiger partial charge in [-0.1, -0.05) is 15.9 Å². The summed E-state index contributed by atoms with van der Waals surface area (Å²) in [6, 6.07) is 2.51. The number of rotatable bonds is 5. The van der Waals surface area contributed by atoms with Crippen LogP contribution in [0.2, 0.25) is 0 Å². The highest BCUT2D eigenvalue weighted by Crippen LogP contribution is 2.36. The number of alkyl halides is 2. The van der Waals surface area contributed by atoms with Gasteiger partial charge in [0, 0.05) is 16.9 Å². The number of hydrogen-bond acceptors (Lipinski definition) is 3. The standard InChI is InChI=1S/C11H14BrF2NO2.ClH/c1-16-9-3-6(8(15)5-11(13)14)7(12)4-10(9)17-2;/h3-4,8,11H,5,15H2,1-2H3;1H/t8-;/m0./s1. The lowest BCUT2D eigenvalue weighted by molar-refractivity contribution is 0.128. The van der Waals surface area contributed by atoms with E-state index in [4.69, 9.17) is 15.2 Å². The first-order chi connectivity index (χ1) is 7.99. The monoisotopic (exact) mass is 345 g/mol. The van der Waals surface area contributed by atoms with Crippen LogP contribution in [0, 0.1) is 0 Å². The molecule has 0 saturated heterocycles. The van der Waals surface area contributed by atoms with Crippen molar-refractivity contribution < 1.29 is 18.3 Å². The number of ether oxygens (including phenoxy) is 2. The summed E-state index contributed by atoms with van der Waals surface area (Å²) in [4.78, 5) is 0. The molecule has 0 aliphatic heterocycles. The summed E-state index contributed by atoms with van der Waals surface area (Å²) in [5.41, 5.74) is 6.28. The maximum absolute atomic E-state index is 12.3. The molecule has 0 bridgehead atoms. The highest BCUT2D eigenvalue weighted by atomic mass is 79.9. The lowest BCUT2D eigenvalue weighted by Crippen LogP contribution is -2.14. The molecule has 18 heavy (non-hydrogen) atoms. The first kappa shape index (κ1) is 17.4. The zero-order valence-electron chi connectivity index (χ0n) is 9.95. The van der Waals surface area contributed by atoms with Gasteiger partial charge < -0.3 is 15.2 Å². The Balaban J connectivity index is 0.00000289. The van der Waals surface area contributed by atoms with Gasteiger partial charge in [0.2, 0.25) is 6.43 Å². The quantitative estimate of drug-likeness (QED) is 0.887. The van der Waals surface area contributed by atoms with Crippen LogP contribution < -0.4 is 15.2 Å². The molecule has 3 nitrogen and oxygen atoms in total. The molecule has 1 aromatic carbocycles. The highest BCUT2D eigenvalue weighted by Gasteiger charge is 2.18. The molecule has 0 spiro atoms. The Morgan fingerprint density at radius 1 is 1.22 bits per heavy atom. The Morgan fingerprint density at radius 2 is 1.72 bits per heavy atom. The van der Waals surface area contributed by atoms with Gasteiger partial charge in [-0.2, -0.15) is 0 Å². The van der Waals surface area contributed by atoms with Crippen LogP contribution in [0.15, 0.2) is 16.6 Å². The lowest BCUT2D eigenvalue weighted by Gasteiger charge is -2.16. The fourth-order valence-electron chi connectivity index (χ4n) is 1.47. The molecule has 0 radical (unpaired) electrons. The summed E-state index contributed by atoms with van der Waals surface area (Å²) in [5, 5.41) is 0. The minimum atomic E-state index is -2.44. The smallest absolute Gasteiger partial charge is 0.240 e. The Labute approximate surface area is 119 Å². The van der Waals surface area contributed by atoms with Gasteiger partial charge in [0.1, 0.15) is 0 Å². The zero-order valence-corrected chi connectivity index (χ0v) is 12.4. The van der Waals surface area contributed by atoms with E-state index in [1.807, 2.05) is 0 Å². The van der Waals surface area contributed by atoms with Gasteiger partial charge in [-0.3, -0.25) is 0 Å². The Kier molecular flexibility index (Phi) is 7.51. The molecule has 0 aromatic heterocycles. The van der Waals surface area contributed by atoms with Crippen LogP contribution in [0.5, 0.6) is 11.5 Å². The van der Waals surface area contributed by atoms with Gasteiger partial charge >= 0.3 is 0 Å². The van der Waals surface area contributed by atoms with Gasteiger partial charge in [0.15, 0.2) is 11.5 Å². The number of halogens is 4. The van der Waals surface area contributed by atoms with E-state index < -0.39 is 18.9 Å². The van der Waals surface area contributed by atoms with Crippen molar-refractivity contribution >= 4 is 28.3 Å². The molecule has 104 valence electrons. The predicted octanol–water partition coefficient (Wildman–Crippen LogP) is 3.54. The van der Waals surface area contributed by atoms with Crippen molar-refractivity contribution in [3.8, 4) is 11.5 Å². The maximum atomic E-state index is 12.3. The molecule has 0 aliphatic rings. The molecule has 2 N–H and O–H groups in total.